The van der Waals surface area contributed by atoms with Gasteiger partial charge in [0, 0.05) is 12.6 Å². The van der Waals surface area contributed by atoms with Crippen molar-refractivity contribution in [1.29, 1.82) is 0 Å². The molecule has 0 saturated carbocycles. The molecule has 1 aromatic carbocycles. The quantitative estimate of drug-likeness (QED) is 0.744. The number of amides is 2. The summed E-state index contributed by atoms with van der Waals surface area (Å²) in [5.74, 6) is -0.159. The minimum Gasteiger partial charge on any atom is -0.389 e. The molecule has 0 fully saturated rings. The largest absolute Gasteiger partial charge is 0.411 e. The Hall–Kier alpha value is -3.75. The van der Waals surface area contributed by atoms with Crippen molar-refractivity contribution in [2.24, 2.45) is 12.8 Å². The lowest BCUT2D eigenvalue weighted by atomic mass is 10.2. The molecule has 0 spiro atoms. The van der Waals surface area contributed by atoms with Crippen LogP contribution in [0.25, 0.3) is 11.4 Å². The van der Waals surface area contributed by atoms with E-state index < -0.39 is 6.09 Å². The van der Waals surface area contributed by atoms with Gasteiger partial charge in [-0.2, -0.15) is 0 Å². The standard InChI is InChI=1S/C16H14N6O3/c1-22-15(25-16(17)24)13(20-21-22)12-8-7-11(9-18-12)19-14(23)10-5-3-2-4-6-10/h2-9H,1H3,(H2,17,24)(H,19,23). The number of carbonyl (C=O) groups excluding carboxylic acids is 2. The zero-order valence-electron chi connectivity index (χ0n) is 13.2. The first-order valence-corrected chi connectivity index (χ1v) is 7.24. The maximum absolute atomic E-state index is 12.1. The van der Waals surface area contributed by atoms with Crippen LogP contribution in [0.2, 0.25) is 0 Å². The SMILES string of the molecule is Cn1nnc(-c2ccc(NC(=O)c3ccccc3)cn2)c1OC(N)=O. The number of hydrogen-bond acceptors (Lipinski definition) is 6. The highest BCUT2D eigenvalue weighted by molar-refractivity contribution is 6.04. The van der Waals surface area contributed by atoms with Crippen molar-refractivity contribution in [2.75, 3.05) is 5.32 Å². The average molecular weight is 338 g/mol. The number of benzene rings is 1. The Kier molecular flexibility index (Phi) is 4.38. The number of pyridine rings is 1. The Morgan fingerprint density at radius 3 is 2.56 bits per heavy atom. The number of nitrogens with one attached hydrogen (secondary N) is 1. The molecule has 3 aromatic rings. The Morgan fingerprint density at radius 1 is 1.16 bits per heavy atom. The van der Waals surface area contributed by atoms with Gasteiger partial charge in [-0.3, -0.25) is 9.78 Å². The zero-order chi connectivity index (χ0) is 17.8. The van der Waals surface area contributed by atoms with Gasteiger partial charge in [-0.1, -0.05) is 23.4 Å². The first kappa shape index (κ1) is 16.1. The lowest BCUT2D eigenvalue weighted by molar-refractivity contribution is 0.102. The van der Waals surface area contributed by atoms with Crippen molar-refractivity contribution in [3.8, 4) is 17.3 Å². The molecule has 2 aromatic heterocycles. The van der Waals surface area contributed by atoms with E-state index in [-0.39, 0.29) is 17.5 Å². The summed E-state index contributed by atoms with van der Waals surface area (Å²) < 4.78 is 6.16. The van der Waals surface area contributed by atoms with Crippen molar-refractivity contribution in [2.45, 2.75) is 0 Å². The van der Waals surface area contributed by atoms with Crippen LogP contribution in [0.15, 0.2) is 48.7 Å². The number of aromatic nitrogens is 4. The van der Waals surface area contributed by atoms with Crippen molar-refractivity contribution in [1.82, 2.24) is 20.0 Å². The van der Waals surface area contributed by atoms with E-state index in [0.717, 1.165) is 0 Å². The maximum atomic E-state index is 12.1. The molecule has 3 N–H and O–H groups in total. The summed E-state index contributed by atoms with van der Waals surface area (Å²) >= 11 is 0. The number of aryl methyl sites for hydroxylation is 1. The molecule has 126 valence electrons. The summed E-state index contributed by atoms with van der Waals surface area (Å²) in [6, 6.07) is 12.1. The molecule has 0 bridgehead atoms. The van der Waals surface area contributed by atoms with Gasteiger partial charge < -0.3 is 15.8 Å². The fourth-order valence-electron chi connectivity index (χ4n) is 2.12. The number of anilines is 1. The first-order valence-electron chi connectivity index (χ1n) is 7.24. The molecule has 0 radical (unpaired) electrons. The number of hydrogen-bond donors (Lipinski definition) is 2. The lowest BCUT2D eigenvalue weighted by Crippen LogP contribution is -2.18. The minimum absolute atomic E-state index is 0.0843. The molecule has 0 saturated heterocycles. The molecule has 0 aliphatic rings. The number of nitrogens with two attached hydrogens (primary N) is 1. The smallest absolute Gasteiger partial charge is 0.389 e. The maximum Gasteiger partial charge on any atom is 0.411 e. The molecule has 3 rings (SSSR count). The van der Waals surface area contributed by atoms with Crippen molar-refractivity contribution >= 4 is 17.7 Å². The second kappa shape index (κ2) is 6.79. The van der Waals surface area contributed by atoms with E-state index in [1.165, 1.54) is 10.9 Å². The Bertz CT molecular complexity index is 905. The van der Waals surface area contributed by atoms with Gasteiger partial charge in [0.25, 0.3) is 11.8 Å². The van der Waals surface area contributed by atoms with Crippen LogP contribution in [0.1, 0.15) is 10.4 Å². The molecule has 2 amide bonds. The highest BCUT2D eigenvalue weighted by Gasteiger charge is 2.17. The normalized spacial score (nSPS) is 10.3. The zero-order valence-corrected chi connectivity index (χ0v) is 13.2. The predicted molar refractivity (Wildman–Crippen MR) is 88.8 cm³/mol. The topological polar surface area (TPSA) is 125 Å². The number of carbonyl (C=O) groups is 2. The molecule has 2 heterocycles. The molecule has 0 atom stereocenters. The van der Waals surface area contributed by atoms with Crippen LogP contribution in [-0.2, 0) is 7.05 Å². The van der Waals surface area contributed by atoms with Crippen molar-refractivity contribution < 1.29 is 14.3 Å². The Balaban J connectivity index is 1.79. The number of primary amides is 1. The number of nitrogens with zero attached hydrogens (tertiary/aromatic N) is 4. The molecule has 0 aliphatic carbocycles. The first-order chi connectivity index (χ1) is 12.0. The third-order valence-electron chi connectivity index (χ3n) is 3.27. The predicted octanol–water partition coefficient (Wildman–Crippen LogP) is 1.59. The van der Waals surface area contributed by atoms with E-state index in [1.54, 1.807) is 43.4 Å². The van der Waals surface area contributed by atoms with Gasteiger partial charge in [-0.15, -0.1) is 5.10 Å². The van der Waals surface area contributed by atoms with Crippen LogP contribution in [0.5, 0.6) is 5.88 Å². The molecule has 9 heteroatoms. The number of rotatable bonds is 4. The van der Waals surface area contributed by atoms with Gasteiger partial charge in [0.1, 0.15) is 0 Å². The fourth-order valence-corrected chi connectivity index (χ4v) is 2.12. The van der Waals surface area contributed by atoms with Gasteiger partial charge >= 0.3 is 6.09 Å². The van der Waals surface area contributed by atoms with Crippen LogP contribution >= 0.6 is 0 Å². The highest BCUT2D eigenvalue weighted by Crippen LogP contribution is 2.26. The molecule has 0 unspecified atom stereocenters. The van der Waals surface area contributed by atoms with Crippen molar-refractivity contribution in [3.63, 3.8) is 0 Å². The van der Waals surface area contributed by atoms with E-state index >= 15 is 0 Å². The summed E-state index contributed by atoms with van der Waals surface area (Å²) in [5, 5.41) is 10.4. The number of ether oxygens (including phenoxy) is 1. The van der Waals surface area contributed by atoms with E-state index in [0.29, 0.717) is 16.9 Å². The second-order valence-electron chi connectivity index (χ2n) is 5.04. The van der Waals surface area contributed by atoms with E-state index in [4.69, 9.17) is 10.5 Å². The fraction of sp³-hybridized carbons (Fsp3) is 0.0625. The molecule has 25 heavy (non-hydrogen) atoms. The van der Waals surface area contributed by atoms with Crippen LogP contribution in [0.3, 0.4) is 0 Å². The third-order valence-corrected chi connectivity index (χ3v) is 3.27. The van der Waals surface area contributed by atoms with Gasteiger partial charge in [0.15, 0.2) is 5.69 Å². The minimum atomic E-state index is -0.974. The van der Waals surface area contributed by atoms with Crippen LogP contribution in [-0.4, -0.2) is 32.0 Å². The van der Waals surface area contributed by atoms with Crippen molar-refractivity contribution in [3.05, 3.63) is 54.2 Å². The van der Waals surface area contributed by atoms with E-state index in [1.807, 2.05) is 6.07 Å². The summed E-state index contributed by atoms with van der Waals surface area (Å²) in [4.78, 5) is 27.3. The molecule has 0 aliphatic heterocycles. The highest BCUT2D eigenvalue weighted by atomic mass is 16.6. The van der Waals surface area contributed by atoms with Gasteiger partial charge in [0.05, 0.1) is 17.6 Å². The second-order valence-corrected chi connectivity index (χ2v) is 5.04. The molecular formula is C16H14N6O3. The van der Waals surface area contributed by atoms with Crippen LogP contribution in [0, 0.1) is 0 Å². The van der Waals surface area contributed by atoms with Gasteiger partial charge in [-0.05, 0) is 24.3 Å². The lowest BCUT2D eigenvalue weighted by Gasteiger charge is -2.06. The van der Waals surface area contributed by atoms with Crippen LogP contribution < -0.4 is 15.8 Å². The Labute approximate surface area is 142 Å². The summed E-state index contributed by atoms with van der Waals surface area (Å²) in [5.41, 5.74) is 6.77. The molecular weight excluding hydrogens is 324 g/mol. The van der Waals surface area contributed by atoms with Gasteiger partial charge in [0.2, 0.25) is 0 Å². The summed E-state index contributed by atoms with van der Waals surface area (Å²) in [6.45, 7) is 0. The summed E-state index contributed by atoms with van der Waals surface area (Å²) in [7, 11) is 1.56. The third kappa shape index (κ3) is 3.61. The van der Waals surface area contributed by atoms with Gasteiger partial charge in [-0.25, -0.2) is 9.48 Å². The van der Waals surface area contributed by atoms with E-state index in [2.05, 4.69) is 20.6 Å². The molecule has 9 nitrogen and oxygen atoms in total. The Morgan fingerprint density at radius 2 is 1.92 bits per heavy atom. The summed E-state index contributed by atoms with van der Waals surface area (Å²) in [6.07, 6.45) is 0.497. The van der Waals surface area contributed by atoms with Crippen LogP contribution in [0.4, 0.5) is 10.5 Å². The average Bonchev–Trinajstić information content (AvgIpc) is 2.96. The van der Waals surface area contributed by atoms with E-state index in [9.17, 15) is 9.59 Å². The monoisotopic (exact) mass is 338 g/mol.